The minimum absolute atomic E-state index is 0.394. The molecule has 0 spiro atoms. The molecule has 0 aliphatic carbocycles. The molecular formula is C11H6F2O4. The first-order valence-electron chi connectivity index (χ1n) is 4.28. The number of ether oxygens (including phenoxy) is 1. The average Bonchev–Trinajstić information content (AvgIpc) is 2.26. The third kappa shape index (κ3) is 3.01. The lowest BCUT2D eigenvalue weighted by Gasteiger charge is -1.99. The van der Waals surface area contributed by atoms with E-state index >= 15 is 0 Å². The van der Waals surface area contributed by atoms with Crippen molar-refractivity contribution in [2.75, 3.05) is 7.11 Å². The molecule has 17 heavy (non-hydrogen) atoms. The van der Waals surface area contributed by atoms with Crippen LogP contribution in [0.15, 0.2) is 12.1 Å². The van der Waals surface area contributed by atoms with Crippen LogP contribution in [0.25, 0.3) is 0 Å². The summed E-state index contributed by atoms with van der Waals surface area (Å²) >= 11 is 0. The highest BCUT2D eigenvalue weighted by atomic mass is 19.1. The zero-order valence-electron chi connectivity index (χ0n) is 8.58. The van der Waals surface area contributed by atoms with Gasteiger partial charge in [-0.15, -0.1) is 0 Å². The summed E-state index contributed by atoms with van der Waals surface area (Å²) in [6, 6.07) is 1.10. The van der Waals surface area contributed by atoms with Gasteiger partial charge in [-0.1, -0.05) is 5.92 Å². The van der Waals surface area contributed by atoms with Crippen LogP contribution < -0.4 is 0 Å². The van der Waals surface area contributed by atoms with Crippen molar-refractivity contribution in [1.29, 1.82) is 0 Å². The summed E-state index contributed by atoms with van der Waals surface area (Å²) in [5.41, 5.74) is -1.12. The first-order chi connectivity index (χ1) is 7.95. The fourth-order valence-electron chi connectivity index (χ4n) is 0.978. The fourth-order valence-corrected chi connectivity index (χ4v) is 0.978. The molecule has 0 fully saturated rings. The summed E-state index contributed by atoms with van der Waals surface area (Å²) in [7, 11) is 1.08. The Labute approximate surface area is 94.8 Å². The number of halogens is 2. The van der Waals surface area contributed by atoms with Crippen molar-refractivity contribution in [3.63, 3.8) is 0 Å². The Hall–Kier alpha value is -2.42. The molecule has 0 bridgehead atoms. The van der Waals surface area contributed by atoms with E-state index < -0.39 is 34.7 Å². The predicted octanol–water partition coefficient (Wildman–Crippen LogP) is 1.19. The Kier molecular flexibility index (Phi) is 3.78. The standard InChI is InChI=1S/C11H6F2O4/c1-17-10(14)3-2-6-4-7(11(15)16)9(13)5-8(6)12/h4-5H,1H3,(H,15,16). The number of benzene rings is 1. The van der Waals surface area contributed by atoms with Gasteiger partial charge in [0.1, 0.15) is 11.6 Å². The smallest absolute Gasteiger partial charge is 0.384 e. The van der Waals surface area contributed by atoms with Crippen LogP contribution in [0.1, 0.15) is 15.9 Å². The molecular weight excluding hydrogens is 234 g/mol. The van der Waals surface area contributed by atoms with Crippen molar-refractivity contribution < 1.29 is 28.2 Å². The van der Waals surface area contributed by atoms with Gasteiger partial charge in [-0.2, -0.15) is 0 Å². The largest absolute Gasteiger partial charge is 0.478 e. The molecule has 88 valence electrons. The normalized spacial score (nSPS) is 9.12. The highest BCUT2D eigenvalue weighted by Crippen LogP contribution is 2.14. The van der Waals surface area contributed by atoms with Crippen molar-refractivity contribution >= 4 is 11.9 Å². The SMILES string of the molecule is COC(=O)C#Cc1cc(C(=O)O)c(F)cc1F. The van der Waals surface area contributed by atoms with Crippen LogP contribution in [-0.4, -0.2) is 24.2 Å². The molecule has 0 radical (unpaired) electrons. The van der Waals surface area contributed by atoms with Gasteiger partial charge in [-0.3, -0.25) is 0 Å². The zero-order chi connectivity index (χ0) is 13.0. The molecule has 6 heteroatoms. The molecule has 4 nitrogen and oxygen atoms in total. The molecule has 0 amide bonds. The van der Waals surface area contributed by atoms with E-state index in [0.29, 0.717) is 12.1 Å². The number of carboxylic acids is 1. The number of hydrogen-bond acceptors (Lipinski definition) is 3. The average molecular weight is 240 g/mol. The van der Waals surface area contributed by atoms with Gasteiger partial charge < -0.3 is 9.84 Å². The maximum Gasteiger partial charge on any atom is 0.384 e. The molecule has 1 aromatic carbocycles. The number of carbonyl (C=O) groups excluding carboxylic acids is 1. The summed E-state index contributed by atoms with van der Waals surface area (Å²) < 4.78 is 30.3. The number of methoxy groups -OCH3 is 1. The van der Waals surface area contributed by atoms with E-state index in [9.17, 15) is 18.4 Å². The van der Waals surface area contributed by atoms with E-state index in [2.05, 4.69) is 10.7 Å². The van der Waals surface area contributed by atoms with Gasteiger partial charge in [0, 0.05) is 12.0 Å². The van der Waals surface area contributed by atoms with Gasteiger partial charge in [0.25, 0.3) is 0 Å². The van der Waals surface area contributed by atoms with Crippen molar-refractivity contribution in [2.24, 2.45) is 0 Å². The molecule has 0 unspecified atom stereocenters. The highest BCUT2D eigenvalue weighted by Gasteiger charge is 2.14. The Balaban J connectivity index is 3.24. The van der Waals surface area contributed by atoms with Gasteiger partial charge in [0.05, 0.1) is 18.2 Å². The zero-order valence-corrected chi connectivity index (χ0v) is 8.58. The van der Waals surface area contributed by atoms with Crippen LogP contribution in [0, 0.1) is 23.5 Å². The number of rotatable bonds is 1. The highest BCUT2D eigenvalue weighted by molar-refractivity contribution is 5.90. The van der Waals surface area contributed by atoms with Crippen LogP contribution in [0.3, 0.4) is 0 Å². The molecule has 1 rings (SSSR count). The Bertz CT molecular complexity index is 540. The quantitative estimate of drug-likeness (QED) is 0.591. The summed E-state index contributed by atoms with van der Waals surface area (Å²) in [6.07, 6.45) is 0. The number of carboxylic acid groups (broad SMARTS) is 1. The van der Waals surface area contributed by atoms with Gasteiger partial charge in [0.15, 0.2) is 0 Å². The lowest BCUT2D eigenvalue weighted by atomic mass is 10.1. The molecule has 0 heterocycles. The molecule has 0 saturated carbocycles. The van der Waals surface area contributed by atoms with Crippen molar-refractivity contribution in [2.45, 2.75) is 0 Å². The molecule has 0 aromatic heterocycles. The molecule has 0 saturated heterocycles. The fraction of sp³-hybridized carbons (Fsp3) is 0.0909. The maximum absolute atomic E-state index is 13.2. The van der Waals surface area contributed by atoms with Gasteiger partial charge in [-0.25, -0.2) is 18.4 Å². The summed E-state index contributed by atoms with van der Waals surface area (Å²) in [5.74, 6) is -0.760. The van der Waals surface area contributed by atoms with E-state index in [1.165, 1.54) is 0 Å². The van der Waals surface area contributed by atoms with Crippen LogP contribution >= 0.6 is 0 Å². The van der Waals surface area contributed by atoms with E-state index in [1.54, 1.807) is 0 Å². The predicted molar refractivity (Wildman–Crippen MR) is 52.2 cm³/mol. The lowest BCUT2D eigenvalue weighted by molar-refractivity contribution is -0.133. The second-order valence-corrected chi connectivity index (χ2v) is 2.86. The molecule has 1 aromatic rings. The maximum atomic E-state index is 13.2. The molecule has 1 N–H and O–H groups in total. The second-order valence-electron chi connectivity index (χ2n) is 2.86. The Morgan fingerprint density at radius 1 is 1.29 bits per heavy atom. The van der Waals surface area contributed by atoms with Crippen LogP contribution in [0.2, 0.25) is 0 Å². The van der Waals surface area contributed by atoms with E-state index in [1.807, 2.05) is 5.92 Å². The number of hydrogen-bond donors (Lipinski definition) is 1. The minimum atomic E-state index is -1.55. The van der Waals surface area contributed by atoms with Gasteiger partial charge >= 0.3 is 11.9 Å². The van der Waals surface area contributed by atoms with Gasteiger partial charge in [0.2, 0.25) is 0 Å². The lowest BCUT2D eigenvalue weighted by Crippen LogP contribution is -2.03. The summed E-state index contributed by atoms with van der Waals surface area (Å²) in [5, 5.41) is 8.60. The van der Waals surface area contributed by atoms with Crippen LogP contribution in [0.5, 0.6) is 0 Å². The number of esters is 1. The topological polar surface area (TPSA) is 63.6 Å². The van der Waals surface area contributed by atoms with Crippen molar-refractivity contribution in [3.8, 4) is 11.8 Å². The van der Waals surface area contributed by atoms with E-state index in [4.69, 9.17) is 5.11 Å². The van der Waals surface area contributed by atoms with Crippen molar-refractivity contribution in [1.82, 2.24) is 0 Å². The summed E-state index contributed by atoms with van der Waals surface area (Å²) in [4.78, 5) is 21.3. The Morgan fingerprint density at radius 2 is 1.94 bits per heavy atom. The monoisotopic (exact) mass is 240 g/mol. The third-order valence-electron chi connectivity index (χ3n) is 1.77. The number of aromatic carboxylic acids is 1. The molecule has 0 aliphatic rings. The molecule has 0 atom stereocenters. The van der Waals surface area contributed by atoms with Gasteiger partial charge in [-0.05, 0) is 6.07 Å². The van der Waals surface area contributed by atoms with Crippen molar-refractivity contribution in [3.05, 3.63) is 34.9 Å². The second kappa shape index (κ2) is 5.07. The minimum Gasteiger partial charge on any atom is -0.478 e. The van der Waals surface area contributed by atoms with E-state index in [0.717, 1.165) is 7.11 Å². The Morgan fingerprint density at radius 3 is 2.47 bits per heavy atom. The third-order valence-corrected chi connectivity index (χ3v) is 1.77. The molecule has 0 aliphatic heterocycles. The number of carbonyl (C=O) groups is 2. The first-order valence-corrected chi connectivity index (χ1v) is 4.28. The summed E-state index contributed by atoms with van der Waals surface area (Å²) in [6.45, 7) is 0. The first kappa shape index (κ1) is 12.6. The van der Waals surface area contributed by atoms with Crippen LogP contribution in [0.4, 0.5) is 8.78 Å². The van der Waals surface area contributed by atoms with E-state index in [-0.39, 0.29) is 0 Å². The van der Waals surface area contributed by atoms with Crippen LogP contribution in [-0.2, 0) is 9.53 Å².